The van der Waals surface area contributed by atoms with Crippen molar-refractivity contribution in [3.8, 4) is 0 Å². The largest absolute Gasteiger partial charge is 0.326 e. The van der Waals surface area contributed by atoms with Crippen LogP contribution in [0.25, 0.3) is 0 Å². The van der Waals surface area contributed by atoms with Crippen LogP contribution in [0, 0.1) is 0 Å². The number of nitrogens with zero attached hydrogens (tertiary/aromatic N) is 2. The molecule has 0 saturated carbocycles. The second-order valence-electron chi connectivity index (χ2n) is 3.35. The van der Waals surface area contributed by atoms with Crippen molar-refractivity contribution in [1.82, 2.24) is 14.5 Å². The maximum atomic E-state index is 11.6. The molecule has 0 radical (unpaired) electrons. The normalized spacial score (nSPS) is 11.7. The van der Waals surface area contributed by atoms with E-state index in [9.17, 15) is 8.42 Å². The maximum Gasteiger partial charge on any atom is 0.300 e. The lowest BCUT2D eigenvalue weighted by atomic mass is 10.3. The van der Waals surface area contributed by atoms with E-state index in [1.165, 1.54) is 10.9 Å². The second-order valence-corrected chi connectivity index (χ2v) is 4.85. The van der Waals surface area contributed by atoms with Crippen LogP contribution in [0.2, 0.25) is 0 Å². The fraction of sp³-hybridized carbons (Fsp3) is 0.625. The van der Waals surface area contributed by atoms with Gasteiger partial charge < -0.3 is 5.73 Å². The molecule has 0 aliphatic heterocycles. The Morgan fingerprint density at radius 2 is 2.25 bits per heavy atom. The number of aryl methyl sites for hydroxylation is 1. The van der Waals surface area contributed by atoms with Crippen LogP contribution < -0.4 is 15.2 Å². The summed E-state index contributed by atoms with van der Waals surface area (Å²) in [6.07, 6.45) is 2.27. The lowest BCUT2D eigenvalue weighted by Gasteiger charge is -2.10. The molecule has 0 fully saturated rings. The second kappa shape index (κ2) is 5.28. The van der Waals surface area contributed by atoms with Crippen LogP contribution in [0.1, 0.15) is 18.9 Å². The van der Waals surface area contributed by atoms with Crippen LogP contribution >= 0.6 is 0 Å². The number of nitrogens with two attached hydrogens (primary N) is 1. The monoisotopic (exact) mass is 247 g/mol. The summed E-state index contributed by atoms with van der Waals surface area (Å²) in [6.45, 7) is 2.52. The number of nitrogens with one attached hydrogen (secondary N) is 2. The summed E-state index contributed by atoms with van der Waals surface area (Å²) >= 11 is 0. The highest BCUT2D eigenvalue weighted by atomic mass is 32.2. The topological polar surface area (TPSA) is 102 Å². The van der Waals surface area contributed by atoms with Gasteiger partial charge in [-0.25, -0.2) is 0 Å². The highest BCUT2D eigenvalue weighted by molar-refractivity contribution is 7.90. The van der Waals surface area contributed by atoms with Crippen molar-refractivity contribution in [2.24, 2.45) is 12.8 Å². The predicted octanol–water partition coefficient (Wildman–Crippen LogP) is -0.465. The molecule has 0 saturated heterocycles. The molecular weight excluding hydrogens is 230 g/mol. The zero-order valence-electron chi connectivity index (χ0n) is 9.40. The zero-order chi connectivity index (χ0) is 12.2. The number of anilines is 1. The molecular formula is C8H17N5O2S. The van der Waals surface area contributed by atoms with Gasteiger partial charge in [0.05, 0.1) is 6.20 Å². The van der Waals surface area contributed by atoms with E-state index in [2.05, 4.69) is 14.5 Å². The van der Waals surface area contributed by atoms with Gasteiger partial charge in [0.15, 0.2) is 0 Å². The predicted molar refractivity (Wildman–Crippen MR) is 61.9 cm³/mol. The van der Waals surface area contributed by atoms with Gasteiger partial charge in [0.25, 0.3) is 10.2 Å². The Labute approximate surface area is 95.2 Å². The third-order valence-corrected chi connectivity index (χ3v) is 3.05. The molecule has 16 heavy (non-hydrogen) atoms. The van der Waals surface area contributed by atoms with E-state index in [1.54, 1.807) is 7.05 Å². The van der Waals surface area contributed by atoms with Gasteiger partial charge in [0.1, 0.15) is 5.82 Å². The smallest absolute Gasteiger partial charge is 0.300 e. The first kappa shape index (κ1) is 12.9. The Bertz CT molecular complexity index is 439. The van der Waals surface area contributed by atoms with Gasteiger partial charge in [0.2, 0.25) is 0 Å². The first-order chi connectivity index (χ1) is 7.50. The van der Waals surface area contributed by atoms with Crippen LogP contribution in [0.3, 0.4) is 0 Å². The standard InChI is InChI=1S/C8H17N5O2S/c1-3-4-11-16(14,15)12-8-7(5-9)6-10-13(8)2/h6,11-12H,3-5,9H2,1-2H3. The molecule has 1 heterocycles. The third-order valence-electron chi connectivity index (χ3n) is 2.01. The lowest BCUT2D eigenvalue weighted by molar-refractivity contribution is 0.585. The van der Waals surface area contributed by atoms with E-state index in [4.69, 9.17) is 5.73 Å². The van der Waals surface area contributed by atoms with Crippen molar-refractivity contribution >= 4 is 16.0 Å². The Morgan fingerprint density at radius 1 is 1.56 bits per heavy atom. The van der Waals surface area contributed by atoms with E-state index in [1.807, 2.05) is 6.92 Å². The van der Waals surface area contributed by atoms with Crippen molar-refractivity contribution in [2.75, 3.05) is 11.3 Å². The van der Waals surface area contributed by atoms with Gasteiger partial charge in [-0.2, -0.15) is 18.2 Å². The lowest BCUT2D eigenvalue weighted by Crippen LogP contribution is -2.31. The first-order valence-electron chi connectivity index (χ1n) is 4.98. The number of hydrogen-bond donors (Lipinski definition) is 3. The van der Waals surface area contributed by atoms with E-state index in [0.29, 0.717) is 17.9 Å². The molecule has 0 aliphatic rings. The van der Waals surface area contributed by atoms with Crippen LogP contribution in [-0.4, -0.2) is 24.7 Å². The quantitative estimate of drug-likeness (QED) is 0.632. The van der Waals surface area contributed by atoms with Gasteiger partial charge in [0, 0.05) is 25.7 Å². The van der Waals surface area contributed by atoms with Crippen molar-refractivity contribution in [3.05, 3.63) is 11.8 Å². The number of hydrogen-bond acceptors (Lipinski definition) is 4. The summed E-state index contributed by atoms with van der Waals surface area (Å²) in [5.41, 5.74) is 6.13. The van der Waals surface area contributed by atoms with Gasteiger partial charge in [-0.1, -0.05) is 6.92 Å². The summed E-state index contributed by atoms with van der Waals surface area (Å²) in [6, 6.07) is 0. The summed E-state index contributed by atoms with van der Waals surface area (Å²) in [7, 11) is -1.89. The molecule has 0 unspecified atom stereocenters. The molecule has 92 valence electrons. The maximum absolute atomic E-state index is 11.6. The minimum Gasteiger partial charge on any atom is -0.326 e. The molecule has 8 heteroatoms. The summed E-state index contributed by atoms with van der Waals surface area (Å²) in [5.74, 6) is 0.395. The van der Waals surface area contributed by atoms with Crippen molar-refractivity contribution in [1.29, 1.82) is 0 Å². The van der Waals surface area contributed by atoms with Crippen molar-refractivity contribution < 1.29 is 8.42 Å². The first-order valence-corrected chi connectivity index (χ1v) is 6.46. The van der Waals surface area contributed by atoms with Gasteiger partial charge in [-0.3, -0.25) is 9.40 Å². The van der Waals surface area contributed by atoms with Crippen LogP contribution in [0.4, 0.5) is 5.82 Å². The molecule has 0 bridgehead atoms. The Balaban J connectivity index is 2.83. The Morgan fingerprint density at radius 3 is 2.81 bits per heavy atom. The summed E-state index contributed by atoms with van der Waals surface area (Å²) in [5, 5.41) is 3.93. The Hall–Kier alpha value is -1.12. The third kappa shape index (κ3) is 3.19. The van der Waals surface area contributed by atoms with Crippen LogP contribution in [0.15, 0.2) is 6.20 Å². The fourth-order valence-electron chi connectivity index (χ4n) is 1.16. The minimum absolute atomic E-state index is 0.236. The molecule has 4 N–H and O–H groups in total. The van der Waals surface area contributed by atoms with Crippen LogP contribution in [0.5, 0.6) is 0 Å². The molecule has 0 atom stereocenters. The van der Waals surface area contributed by atoms with Gasteiger partial charge in [-0.15, -0.1) is 0 Å². The number of aromatic nitrogens is 2. The highest BCUT2D eigenvalue weighted by Gasteiger charge is 2.14. The molecule has 0 amide bonds. The van der Waals surface area contributed by atoms with Gasteiger partial charge >= 0.3 is 0 Å². The molecule has 1 aromatic rings. The highest BCUT2D eigenvalue weighted by Crippen LogP contribution is 2.13. The molecule has 0 aliphatic carbocycles. The zero-order valence-corrected chi connectivity index (χ0v) is 10.2. The van der Waals surface area contributed by atoms with E-state index >= 15 is 0 Å². The molecule has 1 aromatic heterocycles. The van der Waals surface area contributed by atoms with Gasteiger partial charge in [-0.05, 0) is 6.42 Å². The number of rotatable bonds is 6. The fourth-order valence-corrected chi connectivity index (χ4v) is 2.23. The Kier molecular flexibility index (Phi) is 4.27. The molecule has 0 spiro atoms. The summed E-state index contributed by atoms with van der Waals surface area (Å²) < 4.78 is 29.4. The van der Waals surface area contributed by atoms with E-state index in [0.717, 1.165) is 6.42 Å². The minimum atomic E-state index is -3.54. The van der Waals surface area contributed by atoms with E-state index < -0.39 is 10.2 Å². The average Bonchev–Trinajstić information content (AvgIpc) is 2.57. The van der Waals surface area contributed by atoms with Crippen molar-refractivity contribution in [3.63, 3.8) is 0 Å². The van der Waals surface area contributed by atoms with Crippen LogP contribution in [-0.2, 0) is 23.8 Å². The average molecular weight is 247 g/mol. The van der Waals surface area contributed by atoms with E-state index in [-0.39, 0.29) is 6.54 Å². The SMILES string of the molecule is CCCNS(=O)(=O)Nc1c(CN)cnn1C. The molecule has 0 aromatic carbocycles. The van der Waals surface area contributed by atoms with Crippen molar-refractivity contribution in [2.45, 2.75) is 19.9 Å². The molecule has 1 rings (SSSR count). The molecule has 7 nitrogen and oxygen atoms in total. The summed E-state index contributed by atoms with van der Waals surface area (Å²) in [4.78, 5) is 0.